The molecule has 0 saturated carbocycles. The van der Waals surface area contributed by atoms with E-state index in [2.05, 4.69) is 17.5 Å². The smallest absolute Gasteiger partial charge is 0.235 e. The van der Waals surface area contributed by atoms with Gasteiger partial charge in [0.2, 0.25) is 5.91 Å². The highest BCUT2D eigenvalue weighted by Gasteiger charge is 2.22. The Bertz CT molecular complexity index is 683. The van der Waals surface area contributed by atoms with Gasteiger partial charge in [0, 0.05) is 15.5 Å². The third kappa shape index (κ3) is 3.31. The lowest BCUT2D eigenvalue weighted by Gasteiger charge is -2.03. The largest absolute Gasteiger partial charge is 0.316 e. The van der Waals surface area contributed by atoms with Gasteiger partial charge in [-0.3, -0.25) is 4.79 Å². The molecule has 2 aromatic rings. The van der Waals surface area contributed by atoms with Crippen LogP contribution in [0.15, 0.2) is 17.5 Å². The Kier molecular flexibility index (Phi) is 4.63. The molecular formula is C15H14N2OS3. The van der Waals surface area contributed by atoms with Gasteiger partial charge < -0.3 is 5.32 Å². The van der Waals surface area contributed by atoms with Crippen LogP contribution in [0.5, 0.6) is 0 Å². The third-order valence-corrected chi connectivity index (χ3v) is 6.59. The van der Waals surface area contributed by atoms with Crippen LogP contribution in [0.3, 0.4) is 0 Å². The SMILES string of the molecule is N#Cc1c(NC(=O)CSCc2cccs2)sc2c1CCC2. The minimum atomic E-state index is -0.0204. The number of nitrogens with one attached hydrogen (secondary N) is 1. The number of carbonyl (C=O) groups excluding carboxylic acids is 1. The van der Waals surface area contributed by atoms with Crippen molar-refractivity contribution in [1.82, 2.24) is 0 Å². The highest BCUT2D eigenvalue weighted by Crippen LogP contribution is 2.38. The van der Waals surface area contributed by atoms with Gasteiger partial charge in [-0.1, -0.05) is 6.07 Å². The van der Waals surface area contributed by atoms with Crippen LogP contribution in [0.1, 0.15) is 27.3 Å². The number of hydrogen-bond donors (Lipinski definition) is 1. The van der Waals surface area contributed by atoms with Crippen molar-refractivity contribution in [3.63, 3.8) is 0 Å². The molecule has 1 aliphatic rings. The molecule has 0 unspecified atom stereocenters. The fourth-order valence-corrected chi connectivity index (χ4v) is 5.34. The van der Waals surface area contributed by atoms with Crippen molar-refractivity contribution in [2.45, 2.75) is 25.0 Å². The normalized spacial score (nSPS) is 12.9. The van der Waals surface area contributed by atoms with Crippen molar-refractivity contribution >= 4 is 45.3 Å². The zero-order valence-electron chi connectivity index (χ0n) is 11.3. The second-order valence-corrected chi connectivity index (χ2v) is 7.92. The highest BCUT2D eigenvalue weighted by atomic mass is 32.2. The number of amides is 1. The fourth-order valence-electron chi connectivity index (χ4n) is 2.41. The number of nitriles is 1. The Morgan fingerprint density at radius 2 is 2.38 bits per heavy atom. The van der Waals surface area contributed by atoms with Crippen molar-refractivity contribution in [1.29, 1.82) is 5.26 Å². The predicted molar refractivity (Wildman–Crippen MR) is 90.2 cm³/mol. The number of nitrogens with zero attached hydrogens (tertiary/aromatic N) is 1. The lowest BCUT2D eigenvalue weighted by Crippen LogP contribution is -2.14. The summed E-state index contributed by atoms with van der Waals surface area (Å²) in [5, 5.41) is 15.0. The van der Waals surface area contributed by atoms with Crippen LogP contribution in [0.25, 0.3) is 0 Å². The molecule has 3 rings (SSSR count). The average Bonchev–Trinajstić information content (AvgIpc) is 3.15. The first kappa shape index (κ1) is 14.6. The number of carbonyl (C=O) groups is 1. The van der Waals surface area contributed by atoms with Gasteiger partial charge in [0.15, 0.2) is 0 Å². The molecule has 0 fully saturated rings. The van der Waals surface area contributed by atoms with Crippen LogP contribution in [-0.4, -0.2) is 11.7 Å². The van der Waals surface area contributed by atoms with Crippen LogP contribution >= 0.6 is 34.4 Å². The topological polar surface area (TPSA) is 52.9 Å². The molecule has 0 spiro atoms. The molecule has 1 amide bonds. The lowest BCUT2D eigenvalue weighted by molar-refractivity contribution is -0.113. The van der Waals surface area contributed by atoms with E-state index in [0.717, 1.165) is 35.6 Å². The molecule has 2 heterocycles. The van der Waals surface area contributed by atoms with E-state index in [1.807, 2.05) is 11.4 Å². The van der Waals surface area contributed by atoms with E-state index >= 15 is 0 Å². The first-order valence-electron chi connectivity index (χ1n) is 6.72. The van der Waals surface area contributed by atoms with E-state index in [1.165, 1.54) is 9.75 Å². The van der Waals surface area contributed by atoms with Crippen LogP contribution in [0.4, 0.5) is 5.00 Å². The van der Waals surface area contributed by atoms with E-state index in [1.54, 1.807) is 34.4 Å². The molecule has 0 bridgehead atoms. The lowest BCUT2D eigenvalue weighted by atomic mass is 10.1. The third-order valence-electron chi connectivity index (χ3n) is 3.34. The van der Waals surface area contributed by atoms with E-state index in [9.17, 15) is 10.1 Å². The Morgan fingerprint density at radius 1 is 1.48 bits per heavy atom. The summed E-state index contributed by atoms with van der Waals surface area (Å²) in [5.41, 5.74) is 1.84. The quantitative estimate of drug-likeness (QED) is 0.898. The molecular weight excluding hydrogens is 320 g/mol. The molecule has 3 nitrogen and oxygen atoms in total. The summed E-state index contributed by atoms with van der Waals surface area (Å²) in [6, 6.07) is 6.35. The zero-order valence-corrected chi connectivity index (χ0v) is 13.8. The number of rotatable bonds is 5. The molecule has 0 aliphatic heterocycles. The number of thioether (sulfide) groups is 1. The Labute approximate surface area is 136 Å². The number of hydrogen-bond acceptors (Lipinski definition) is 5. The first-order valence-corrected chi connectivity index (χ1v) is 9.57. The molecule has 21 heavy (non-hydrogen) atoms. The Balaban J connectivity index is 1.57. The van der Waals surface area contributed by atoms with Gasteiger partial charge in [0.05, 0.1) is 11.3 Å². The summed E-state index contributed by atoms with van der Waals surface area (Å²) >= 11 is 4.88. The van der Waals surface area contributed by atoms with Gasteiger partial charge in [0.1, 0.15) is 11.1 Å². The van der Waals surface area contributed by atoms with Gasteiger partial charge in [0.25, 0.3) is 0 Å². The summed E-state index contributed by atoms with van der Waals surface area (Å²) in [6.45, 7) is 0. The van der Waals surface area contributed by atoms with Crippen LogP contribution in [0.2, 0.25) is 0 Å². The van der Waals surface area contributed by atoms with Crippen molar-refractivity contribution < 1.29 is 4.79 Å². The standard InChI is InChI=1S/C15H14N2OS3/c16-7-12-11-4-1-5-13(11)21-15(12)17-14(18)9-19-8-10-3-2-6-20-10/h2-3,6H,1,4-5,8-9H2,(H,17,18). The van der Waals surface area contributed by atoms with E-state index < -0.39 is 0 Å². The zero-order chi connectivity index (χ0) is 14.7. The molecule has 0 radical (unpaired) electrons. The van der Waals surface area contributed by atoms with Crippen molar-refractivity contribution in [3.8, 4) is 6.07 Å². The fraction of sp³-hybridized carbons (Fsp3) is 0.333. The maximum atomic E-state index is 12.0. The van der Waals surface area contributed by atoms with Crippen molar-refractivity contribution in [2.24, 2.45) is 0 Å². The molecule has 6 heteroatoms. The average molecular weight is 334 g/mol. The van der Waals surface area contributed by atoms with Gasteiger partial charge in [-0.2, -0.15) is 5.26 Å². The number of anilines is 1. The second kappa shape index (κ2) is 6.65. The van der Waals surface area contributed by atoms with Crippen LogP contribution in [-0.2, 0) is 23.4 Å². The predicted octanol–water partition coefficient (Wildman–Crippen LogP) is 4.04. The maximum absolute atomic E-state index is 12.0. The Hall–Kier alpha value is -1.29. The molecule has 0 atom stereocenters. The van der Waals surface area contributed by atoms with Crippen LogP contribution in [0, 0.1) is 11.3 Å². The summed E-state index contributed by atoms with van der Waals surface area (Å²) in [6.07, 6.45) is 3.14. The summed E-state index contributed by atoms with van der Waals surface area (Å²) < 4.78 is 0. The molecule has 1 aliphatic carbocycles. The molecule has 0 aromatic carbocycles. The number of thiophene rings is 2. The van der Waals surface area contributed by atoms with E-state index in [0.29, 0.717) is 11.3 Å². The van der Waals surface area contributed by atoms with E-state index in [4.69, 9.17) is 0 Å². The summed E-state index contributed by atoms with van der Waals surface area (Å²) in [5.74, 6) is 1.26. The monoisotopic (exact) mass is 334 g/mol. The van der Waals surface area contributed by atoms with Gasteiger partial charge in [-0.25, -0.2) is 0 Å². The first-order chi connectivity index (χ1) is 10.3. The molecule has 1 N–H and O–H groups in total. The van der Waals surface area contributed by atoms with E-state index in [-0.39, 0.29) is 5.91 Å². The molecule has 108 valence electrons. The van der Waals surface area contributed by atoms with Crippen LogP contribution < -0.4 is 5.32 Å². The number of aryl methyl sites for hydroxylation is 1. The Morgan fingerprint density at radius 3 is 3.14 bits per heavy atom. The minimum absolute atomic E-state index is 0.0204. The highest BCUT2D eigenvalue weighted by molar-refractivity contribution is 7.99. The van der Waals surface area contributed by atoms with Gasteiger partial charge in [-0.05, 0) is 36.3 Å². The summed E-state index contributed by atoms with van der Waals surface area (Å²) in [7, 11) is 0. The van der Waals surface area contributed by atoms with Crippen molar-refractivity contribution in [3.05, 3.63) is 38.4 Å². The van der Waals surface area contributed by atoms with Gasteiger partial charge in [-0.15, -0.1) is 34.4 Å². The number of fused-ring (bicyclic) bond motifs is 1. The molecule has 2 aromatic heterocycles. The molecule has 0 saturated heterocycles. The van der Waals surface area contributed by atoms with Crippen molar-refractivity contribution in [2.75, 3.05) is 11.1 Å². The van der Waals surface area contributed by atoms with Gasteiger partial charge >= 0.3 is 0 Å². The second-order valence-electron chi connectivity index (χ2n) is 4.79. The summed E-state index contributed by atoms with van der Waals surface area (Å²) in [4.78, 5) is 14.6. The minimum Gasteiger partial charge on any atom is -0.316 e. The maximum Gasteiger partial charge on any atom is 0.235 e.